The summed E-state index contributed by atoms with van der Waals surface area (Å²) in [6.07, 6.45) is 1.80. The van der Waals surface area contributed by atoms with Crippen molar-refractivity contribution in [3.05, 3.63) is 70.3 Å². The van der Waals surface area contributed by atoms with Crippen LogP contribution in [0.1, 0.15) is 43.2 Å². The molecular formula is C38H35ClN4O8S. The van der Waals surface area contributed by atoms with Gasteiger partial charge in [-0.2, -0.15) is 5.10 Å². The highest BCUT2D eigenvalue weighted by molar-refractivity contribution is 7.22. The Kier molecular flexibility index (Phi) is 7.88. The lowest BCUT2D eigenvalue weighted by Gasteiger charge is -2.49. The van der Waals surface area contributed by atoms with Gasteiger partial charge < -0.3 is 14.9 Å². The van der Waals surface area contributed by atoms with Crippen molar-refractivity contribution in [3.63, 3.8) is 0 Å². The summed E-state index contributed by atoms with van der Waals surface area (Å²) in [7, 11) is 3.10. The Morgan fingerprint density at radius 2 is 1.87 bits per heavy atom. The number of halogens is 1. The Morgan fingerprint density at radius 3 is 2.60 bits per heavy atom. The molecular weight excluding hydrogens is 708 g/mol. The zero-order valence-corrected chi connectivity index (χ0v) is 30.3. The summed E-state index contributed by atoms with van der Waals surface area (Å²) in [5.74, 6) is -6.65. The fraction of sp³-hybridized carbons (Fsp3) is 0.368. The Hall–Kier alpha value is -5.01. The van der Waals surface area contributed by atoms with Crippen LogP contribution in [0.2, 0.25) is 5.02 Å². The third-order valence-electron chi connectivity index (χ3n) is 11.7. The molecule has 2 N–H and O–H groups in total. The van der Waals surface area contributed by atoms with Gasteiger partial charge in [0.25, 0.3) is 0 Å². The molecule has 2 aliphatic carbocycles. The number of phenols is 1. The van der Waals surface area contributed by atoms with E-state index in [0.717, 1.165) is 25.4 Å². The molecule has 8 rings (SSSR count). The van der Waals surface area contributed by atoms with E-state index in [4.69, 9.17) is 21.4 Å². The second kappa shape index (κ2) is 12.0. The van der Waals surface area contributed by atoms with Crippen LogP contribution in [-0.4, -0.2) is 68.1 Å². The summed E-state index contributed by atoms with van der Waals surface area (Å²) >= 11 is 7.83. The zero-order chi connectivity index (χ0) is 37.0. The smallest absolute Gasteiger partial charge is 0.305 e. The number of aliphatic carboxylic acids is 1. The molecule has 3 fully saturated rings. The molecule has 0 bridgehead atoms. The first-order valence-electron chi connectivity index (χ1n) is 17.0. The quantitative estimate of drug-likeness (QED) is 0.179. The molecule has 2 saturated heterocycles. The van der Waals surface area contributed by atoms with Crippen LogP contribution < -0.4 is 9.64 Å². The van der Waals surface area contributed by atoms with Gasteiger partial charge in [-0.05, 0) is 67.8 Å². The van der Waals surface area contributed by atoms with Crippen molar-refractivity contribution >= 4 is 68.4 Å². The maximum Gasteiger partial charge on any atom is 0.305 e. The molecule has 0 spiro atoms. The number of fused-ring (bicyclic) bond motifs is 5. The number of carbonyl (C=O) groups is 5. The van der Waals surface area contributed by atoms with Crippen LogP contribution in [-0.2, 0) is 31.0 Å². The number of para-hydroxylation sites is 1. The molecule has 2 aliphatic heterocycles. The number of thiophene rings is 1. The summed E-state index contributed by atoms with van der Waals surface area (Å²) in [4.78, 5) is 71.7. The number of hydrogen-bond acceptors (Lipinski definition) is 9. The van der Waals surface area contributed by atoms with Gasteiger partial charge in [0.2, 0.25) is 23.6 Å². The first kappa shape index (κ1) is 34.1. The number of carbonyl (C=O) groups excluding carboxylic acids is 4. The summed E-state index contributed by atoms with van der Waals surface area (Å²) in [5.41, 5.74) is 1.22. The maximum atomic E-state index is 15.0. The third kappa shape index (κ3) is 4.71. The number of anilines is 1. The molecule has 268 valence electrons. The lowest BCUT2D eigenvalue weighted by atomic mass is 9.51. The van der Waals surface area contributed by atoms with E-state index in [-0.39, 0.29) is 43.1 Å². The second-order valence-corrected chi connectivity index (χ2v) is 15.7. The monoisotopic (exact) mass is 742 g/mol. The highest BCUT2D eigenvalue weighted by Gasteiger charge is 2.68. The Labute approximate surface area is 307 Å². The summed E-state index contributed by atoms with van der Waals surface area (Å²) in [6.45, 7) is 3.47. The predicted octanol–water partition coefficient (Wildman–Crippen LogP) is 5.68. The predicted molar refractivity (Wildman–Crippen MR) is 192 cm³/mol. The molecule has 2 aromatic heterocycles. The minimum atomic E-state index is -1.40. The number of methoxy groups -OCH3 is 1. The molecule has 12 nitrogen and oxygen atoms in total. The van der Waals surface area contributed by atoms with Gasteiger partial charge in [-0.1, -0.05) is 35.4 Å². The van der Waals surface area contributed by atoms with E-state index in [1.807, 2.05) is 31.2 Å². The number of carboxylic acids is 1. The molecule has 52 heavy (non-hydrogen) atoms. The largest absolute Gasteiger partial charge is 0.504 e. The van der Waals surface area contributed by atoms with E-state index >= 15 is 4.79 Å². The van der Waals surface area contributed by atoms with Gasteiger partial charge in [-0.25, -0.2) is 4.90 Å². The number of likely N-dealkylation sites (tertiary alicyclic amines) is 1. The number of benzene rings is 2. The Morgan fingerprint density at radius 1 is 1.10 bits per heavy atom. The molecule has 4 heterocycles. The lowest BCUT2D eigenvalue weighted by Crippen LogP contribution is -2.49. The van der Waals surface area contributed by atoms with Crippen LogP contribution in [0.15, 0.2) is 54.1 Å². The topological polar surface area (TPSA) is 159 Å². The highest BCUT2D eigenvalue weighted by Crippen LogP contribution is 2.65. The normalized spacial score (nSPS) is 26.9. The zero-order valence-electron chi connectivity index (χ0n) is 28.8. The maximum absolute atomic E-state index is 15.0. The number of amides is 4. The number of rotatable bonds is 7. The number of ether oxygens (including phenoxy) is 1. The number of phenolic OH excluding ortho intramolecular Hbond substituents is 1. The molecule has 4 aliphatic rings. The van der Waals surface area contributed by atoms with Gasteiger partial charge >= 0.3 is 5.97 Å². The first-order valence-corrected chi connectivity index (χ1v) is 18.2. The highest BCUT2D eigenvalue weighted by atomic mass is 35.5. The molecule has 2 aromatic carbocycles. The Balaban J connectivity index is 1.24. The van der Waals surface area contributed by atoms with Crippen LogP contribution in [0, 0.1) is 36.0 Å². The SMILES string of the molecule is COc1cccc(C2C3=CCC4C(=O)N(CCC(=O)O)C(=O)C4C3CC3C(=O)N(c4cc(-c5sc6ccc(Cl)cc6c5C)nn4C)C(=O)C32C)c1O. The van der Waals surface area contributed by atoms with E-state index in [1.165, 1.54) is 28.0 Å². The number of aromatic hydroxyl groups is 1. The lowest BCUT2D eigenvalue weighted by molar-refractivity contribution is -0.142. The average Bonchev–Trinajstić information content (AvgIpc) is 3.78. The van der Waals surface area contributed by atoms with Crippen molar-refractivity contribution in [2.75, 3.05) is 18.6 Å². The van der Waals surface area contributed by atoms with Gasteiger partial charge in [0.15, 0.2) is 11.5 Å². The fourth-order valence-corrected chi connectivity index (χ4v) is 10.5. The van der Waals surface area contributed by atoms with E-state index < -0.39 is 64.6 Å². The number of carboxylic acid groups (broad SMARTS) is 1. The molecule has 4 aromatic rings. The average molecular weight is 743 g/mol. The first-order chi connectivity index (χ1) is 24.8. The molecule has 1 saturated carbocycles. The van der Waals surface area contributed by atoms with E-state index in [9.17, 15) is 29.4 Å². The van der Waals surface area contributed by atoms with Crippen molar-refractivity contribution in [2.24, 2.45) is 36.1 Å². The Bertz CT molecular complexity index is 2290. The minimum absolute atomic E-state index is 0.110. The number of imide groups is 2. The van der Waals surface area contributed by atoms with Crippen molar-refractivity contribution in [1.82, 2.24) is 14.7 Å². The van der Waals surface area contributed by atoms with E-state index in [1.54, 1.807) is 38.2 Å². The van der Waals surface area contributed by atoms with Crippen LogP contribution >= 0.6 is 22.9 Å². The van der Waals surface area contributed by atoms with Crippen molar-refractivity contribution in [1.29, 1.82) is 0 Å². The second-order valence-electron chi connectivity index (χ2n) is 14.2. The number of allylic oxidation sites excluding steroid dienone is 2. The van der Waals surface area contributed by atoms with Gasteiger partial charge in [0, 0.05) is 40.9 Å². The van der Waals surface area contributed by atoms with Crippen molar-refractivity contribution < 1.29 is 38.9 Å². The van der Waals surface area contributed by atoms with Crippen LogP contribution in [0.5, 0.6) is 11.5 Å². The van der Waals surface area contributed by atoms with Gasteiger partial charge in [-0.3, -0.25) is 33.6 Å². The number of hydrogen-bond donors (Lipinski definition) is 2. The summed E-state index contributed by atoms with van der Waals surface area (Å²) in [6, 6.07) is 12.4. The van der Waals surface area contributed by atoms with Crippen LogP contribution in [0.25, 0.3) is 20.7 Å². The van der Waals surface area contributed by atoms with E-state index in [2.05, 4.69) is 0 Å². The molecule has 6 unspecified atom stereocenters. The minimum Gasteiger partial charge on any atom is -0.504 e. The number of aromatic nitrogens is 2. The number of nitrogens with zero attached hydrogens (tertiary/aromatic N) is 4. The molecule has 0 radical (unpaired) electrons. The molecule has 4 amide bonds. The number of aryl methyl sites for hydroxylation is 2. The van der Waals surface area contributed by atoms with Crippen LogP contribution in [0.4, 0.5) is 5.82 Å². The van der Waals surface area contributed by atoms with Crippen LogP contribution in [0.3, 0.4) is 0 Å². The third-order valence-corrected chi connectivity index (χ3v) is 13.2. The standard InChI is InChI=1S/C38H35ClN4O8S/c1-17-22-14-18(39)8-11-27(22)52-33(17)25-16-28(41(3)40-25)43-35(48)24-15-23-19(9-10-20-30(23)36(49)42(34(20)47)13-12-29(44)45)31(38(24,2)37(43)50)21-6-5-7-26(51-4)32(21)46/h5-9,11,14,16,20,23-24,30-31,46H,10,12-13,15H2,1-4H3,(H,44,45). The summed E-state index contributed by atoms with van der Waals surface area (Å²) < 4.78 is 7.99. The molecule has 6 atom stereocenters. The van der Waals surface area contributed by atoms with Crippen molar-refractivity contribution in [3.8, 4) is 22.1 Å². The van der Waals surface area contributed by atoms with Crippen molar-refractivity contribution in [2.45, 2.75) is 39.0 Å². The van der Waals surface area contributed by atoms with Gasteiger partial charge in [0.1, 0.15) is 11.5 Å². The van der Waals surface area contributed by atoms with Gasteiger partial charge in [-0.15, -0.1) is 11.3 Å². The molecule has 14 heteroatoms. The summed E-state index contributed by atoms with van der Waals surface area (Å²) in [5, 5.41) is 27.2. The van der Waals surface area contributed by atoms with Gasteiger partial charge in [0.05, 0.1) is 41.6 Å². The van der Waals surface area contributed by atoms with E-state index in [0.29, 0.717) is 21.9 Å². The fourth-order valence-electron chi connectivity index (χ4n) is 9.22.